The smallest absolute Gasteiger partial charge is 0.407 e. The minimum absolute atomic E-state index is 0.00409. The predicted molar refractivity (Wildman–Crippen MR) is 108 cm³/mol. The number of hydrogen-bond acceptors (Lipinski definition) is 3. The molecular formula is C20H28ClFN4O2. The van der Waals surface area contributed by atoms with Gasteiger partial charge in [-0.05, 0) is 45.7 Å². The summed E-state index contributed by atoms with van der Waals surface area (Å²) in [7, 11) is 1.73. The first-order valence-electron chi connectivity index (χ1n) is 9.59. The van der Waals surface area contributed by atoms with Crippen LogP contribution < -0.4 is 10.6 Å². The number of likely N-dealkylation sites (tertiary alicyclic amines) is 1. The normalized spacial score (nSPS) is 24.9. The number of guanidine groups is 1. The van der Waals surface area contributed by atoms with E-state index in [2.05, 4.69) is 20.5 Å². The second-order valence-electron chi connectivity index (χ2n) is 8.35. The molecule has 3 rings (SSSR count). The van der Waals surface area contributed by atoms with Gasteiger partial charge < -0.3 is 20.3 Å². The Morgan fingerprint density at radius 2 is 2.11 bits per heavy atom. The van der Waals surface area contributed by atoms with Crippen LogP contribution in [-0.2, 0) is 4.74 Å². The first-order valence-corrected chi connectivity index (χ1v) is 9.97. The molecule has 0 aromatic heterocycles. The van der Waals surface area contributed by atoms with Crippen molar-refractivity contribution in [2.75, 3.05) is 20.1 Å². The molecule has 1 aromatic carbocycles. The number of nitrogens with zero attached hydrogens (tertiary/aromatic N) is 2. The van der Waals surface area contributed by atoms with Crippen molar-refractivity contribution in [3.8, 4) is 0 Å². The Morgan fingerprint density at radius 3 is 2.75 bits per heavy atom. The molecule has 1 saturated heterocycles. The third-order valence-corrected chi connectivity index (χ3v) is 5.23. The van der Waals surface area contributed by atoms with Crippen LogP contribution >= 0.6 is 11.6 Å². The van der Waals surface area contributed by atoms with Crippen molar-refractivity contribution in [3.63, 3.8) is 0 Å². The molecule has 2 N–H and O–H groups in total. The maximum absolute atomic E-state index is 14.1. The number of benzene rings is 1. The van der Waals surface area contributed by atoms with Gasteiger partial charge in [-0.1, -0.05) is 17.7 Å². The zero-order chi connectivity index (χ0) is 20.5. The van der Waals surface area contributed by atoms with Crippen molar-refractivity contribution in [2.45, 2.75) is 57.2 Å². The Kier molecular flexibility index (Phi) is 6.03. The molecule has 1 amide bonds. The molecule has 0 radical (unpaired) electrons. The van der Waals surface area contributed by atoms with E-state index in [1.807, 2.05) is 20.8 Å². The maximum Gasteiger partial charge on any atom is 0.407 e. The summed E-state index contributed by atoms with van der Waals surface area (Å²) in [6.07, 6.45) is 1.22. The highest BCUT2D eigenvalue weighted by Crippen LogP contribution is 2.45. The van der Waals surface area contributed by atoms with Crippen molar-refractivity contribution in [3.05, 3.63) is 34.6 Å². The second-order valence-corrected chi connectivity index (χ2v) is 8.76. The molecule has 0 spiro atoms. The molecule has 1 aromatic rings. The van der Waals surface area contributed by atoms with Gasteiger partial charge in [-0.3, -0.25) is 4.99 Å². The summed E-state index contributed by atoms with van der Waals surface area (Å²) in [5, 5.41) is 6.78. The van der Waals surface area contributed by atoms with Gasteiger partial charge in [0.25, 0.3) is 0 Å². The topological polar surface area (TPSA) is 66.0 Å². The van der Waals surface area contributed by atoms with Crippen molar-refractivity contribution in [1.29, 1.82) is 0 Å². The summed E-state index contributed by atoms with van der Waals surface area (Å²) in [5.74, 6) is 0.539. The molecule has 2 aliphatic rings. The summed E-state index contributed by atoms with van der Waals surface area (Å²) < 4.78 is 19.4. The highest BCUT2D eigenvalue weighted by molar-refractivity contribution is 6.31. The zero-order valence-corrected chi connectivity index (χ0v) is 17.5. The van der Waals surface area contributed by atoms with Gasteiger partial charge in [-0.2, -0.15) is 0 Å². The van der Waals surface area contributed by atoms with Crippen LogP contribution in [0.15, 0.2) is 23.2 Å². The van der Waals surface area contributed by atoms with Gasteiger partial charge in [0.15, 0.2) is 5.96 Å². The molecule has 3 atom stereocenters. The summed E-state index contributed by atoms with van der Waals surface area (Å²) >= 11 is 6.18. The molecule has 3 unspecified atom stereocenters. The van der Waals surface area contributed by atoms with Gasteiger partial charge in [0, 0.05) is 42.7 Å². The standard InChI is InChI=1S/C20H28ClFN4O2/c1-20(2,3)28-19(27)24-12-8-9-26(11-12)18(23-4)25-16-10-13(16)17-14(21)6-5-7-15(17)22/h5-7,12-13,16H,8-11H2,1-4H3,(H,23,25)(H,24,27). The number of halogens is 2. The van der Waals surface area contributed by atoms with E-state index >= 15 is 0 Å². The first kappa shape index (κ1) is 20.7. The van der Waals surface area contributed by atoms with Gasteiger partial charge >= 0.3 is 6.09 Å². The maximum atomic E-state index is 14.1. The van der Waals surface area contributed by atoms with Crippen LogP contribution in [0, 0.1) is 5.82 Å². The number of amides is 1. The Bertz CT molecular complexity index is 745. The number of ether oxygens (including phenoxy) is 1. The summed E-state index contributed by atoms with van der Waals surface area (Å²) in [5.41, 5.74) is 0.0533. The molecule has 1 aliphatic heterocycles. The van der Waals surface area contributed by atoms with E-state index in [1.165, 1.54) is 6.07 Å². The first-order chi connectivity index (χ1) is 13.2. The quantitative estimate of drug-likeness (QED) is 0.591. The van der Waals surface area contributed by atoms with E-state index in [1.54, 1.807) is 19.2 Å². The zero-order valence-electron chi connectivity index (χ0n) is 16.8. The van der Waals surface area contributed by atoms with Crippen LogP contribution in [0.25, 0.3) is 0 Å². The lowest BCUT2D eigenvalue weighted by Crippen LogP contribution is -2.44. The van der Waals surface area contributed by atoms with Crippen LogP contribution in [0.5, 0.6) is 0 Å². The number of alkyl carbamates (subject to hydrolysis) is 1. The van der Waals surface area contributed by atoms with Crippen molar-refractivity contribution < 1.29 is 13.9 Å². The van der Waals surface area contributed by atoms with E-state index in [9.17, 15) is 9.18 Å². The number of hydrogen-bond donors (Lipinski definition) is 2. The third kappa shape index (κ3) is 5.07. The highest BCUT2D eigenvalue weighted by atomic mass is 35.5. The van der Waals surface area contributed by atoms with Gasteiger partial charge in [0.2, 0.25) is 0 Å². The Hall–Kier alpha value is -2.02. The minimum Gasteiger partial charge on any atom is -0.444 e. The monoisotopic (exact) mass is 410 g/mol. The molecule has 6 nitrogen and oxygen atoms in total. The summed E-state index contributed by atoms with van der Waals surface area (Å²) in [6, 6.07) is 4.89. The number of carbonyl (C=O) groups is 1. The average molecular weight is 411 g/mol. The Morgan fingerprint density at radius 1 is 1.36 bits per heavy atom. The lowest BCUT2D eigenvalue weighted by molar-refractivity contribution is 0.0507. The third-order valence-electron chi connectivity index (χ3n) is 4.90. The van der Waals surface area contributed by atoms with Gasteiger partial charge in [-0.15, -0.1) is 0 Å². The average Bonchev–Trinajstić information content (AvgIpc) is 3.17. The number of nitrogens with one attached hydrogen (secondary N) is 2. The van der Waals surface area contributed by atoms with Crippen LogP contribution in [0.4, 0.5) is 9.18 Å². The fourth-order valence-electron chi connectivity index (χ4n) is 3.55. The number of rotatable bonds is 3. The van der Waals surface area contributed by atoms with Gasteiger partial charge in [0.1, 0.15) is 11.4 Å². The molecule has 0 bridgehead atoms. The van der Waals surface area contributed by atoms with Crippen LogP contribution in [0.3, 0.4) is 0 Å². The van der Waals surface area contributed by atoms with Crippen LogP contribution in [0.2, 0.25) is 5.02 Å². The molecule has 154 valence electrons. The molecule has 28 heavy (non-hydrogen) atoms. The molecule has 1 aliphatic carbocycles. The molecule has 8 heteroatoms. The van der Waals surface area contributed by atoms with Crippen LogP contribution in [-0.4, -0.2) is 54.8 Å². The Balaban J connectivity index is 1.53. The predicted octanol–water partition coefficient (Wildman–Crippen LogP) is 3.51. The van der Waals surface area contributed by atoms with E-state index in [0.717, 1.165) is 25.3 Å². The molecule has 1 heterocycles. The van der Waals surface area contributed by atoms with Gasteiger partial charge in [-0.25, -0.2) is 9.18 Å². The molecular weight excluding hydrogens is 383 g/mol. The largest absolute Gasteiger partial charge is 0.444 e. The summed E-state index contributed by atoms with van der Waals surface area (Å²) in [6.45, 7) is 6.95. The van der Waals surface area contributed by atoms with Gasteiger partial charge in [0.05, 0.1) is 6.04 Å². The Labute approximate surface area is 170 Å². The van der Waals surface area contributed by atoms with Crippen molar-refractivity contribution in [1.82, 2.24) is 15.5 Å². The second kappa shape index (κ2) is 8.15. The summed E-state index contributed by atoms with van der Waals surface area (Å²) in [4.78, 5) is 18.4. The van der Waals surface area contributed by atoms with E-state index in [4.69, 9.17) is 16.3 Å². The van der Waals surface area contributed by atoms with Crippen molar-refractivity contribution in [2.24, 2.45) is 4.99 Å². The fourth-order valence-corrected chi connectivity index (χ4v) is 3.85. The SMILES string of the molecule is CN=C(NC1CC1c1c(F)cccc1Cl)N1CCC(NC(=O)OC(C)(C)C)C1. The minimum atomic E-state index is -0.519. The van der Waals surface area contributed by atoms with E-state index in [-0.39, 0.29) is 23.8 Å². The van der Waals surface area contributed by atoms with Crippen molar-refractivity contribution >= 4 is 23.7 Å². The number of aliphatic imine (C=N–C) groups is 1. The van der Waals surface area contributed by atoms with Crippen LogP contribution in [0.1, 0.15) is 45.1 Å². The molecule has 2 fully saturated rings. The van der Waals surface area contributed by atoms with E-state index < -0.39 is 11.7 Å². The fraction of sp³-hybridized carbons (Fsp3) is 0.600. The molecule has 1 saturated carbocycles. The highest BCUT2D eigenvalue weighted by Gasteiger charge is 2.43. The van der Waals surface area contributed by atoms with E-state index in [0.29, 0.717) is 17.1 Å². The lowest BCUT2D eigenvalue weighted by atomic mass is 10.1. The lowest BCUT2D eigenvalue weighted by Gasteiger charge is -2.23. The number of carbonyl (C=O) groups excluding carboxylic acids is 1.